The molecule has 1 unspecified atom stereocenters. The van der Waals surface area contributed by atoms with E-state index < -0.39 is 34.8 Å². The van der Waals surface area contributed by atoms with Crippen LogP contribution < -0.4 is 10.9 Å². The van der Waals surface area contributed by atoms with Gasteiger partial charge in [-0.3, -0.25) is 29.1 Å². The van der Waals surface area contributed by atoms with E-state index in [1.807, 2.05) is 0 Å². The summed E-state index contributed by atoms with van der Waals surface area (Å²) in [7, 11) is 0. The Balaban J connectivity index is 2.71. The van der Waals surface area contributed by atoms with Gasteiger partial charge >= 0.3 is 5.97 Å². The van der Waals surface area contributed by atoms with Crippen molar-refractivity contribution in [2.45, 2.75) is 13.5 Å². The lowest BCUT2D eigenvalue weighted by molar-refractivity contribution is -0.385. The highest BCUT2D eigenvalue weighted by molar-refractivity contribution is 5.77. The number of hydrogen-bond donors (Lipinski definition) is 2. The van der Waals surface area contributed by atoms with Crippen molar-refractivity contribution in [1.29, 1.82) is 0 Å². The maximum Gasteiger partial charge on any atom is 0.308 e. The highest BCUT2D eigenvalue weighted by Crippen LogP contribution is 2.06. The number of rotatable bonds is 6. The lowest BCUT2D eigenvalue weighted by Gasteiger charge is -2.09. The first-order valence-corrected chi connectivity index (χ1v) is 5.65. The first kappa shape index (κ1) is 15.3. The topological polar surface area (TPSA) is 132 Å². The van der Waals surface area contributed by atoms with Crippen molar-refractivity contribution in [3.05, 3.63) is 38.8 Å². The largest absolute Gasteiger partial charge is 0.481 e. The van der Waals surface area contributed by atoms with Crippen LogP contribution in [0.4, 0.5) is 5.69 Å². The van der Waals surface area contributed by atoms with Crippen LogP contribution in [0.5, 0.6) is 0 Å². The number of carboxylic acids is 1. The van der Waals surface area contributed by atoms with Crippen molar-refractivity contribution in [3.8, 4) is 0 Å². The molecule has 0 saturated carbocycles. The van der Waals surface area contributed by atoms with Crippen LogP contribution in [0.15, 0.2) is 23.1 Å². The second-order valence-corrected chi connectivity index (χ2v) is 4.15. The molecule has 1 aromatic rings. The van der Waals surface area contributed by atoms with Crippen LogP contribution in [0.25, 0.3) is 0 Å². The van der Waals surface area contributed by atoms with E-state index in [2.05, 4.69) is 5.32 Å². The van der Waals surface area contributed by atoms with E-state index in [4.69, 9.17) is 5.11 Å². The van der Waals surface area contributed by atoms with E-state index in [1.165, 1.54) is 6.92 Å². The smallest absolute Gasteiger partial charge is 0.308 e. The molecule has 1 atom stereocenters. The molecular formula is C11H13N3O6. The van der Waals surface area contributed by atoms with Gasteiger partial charge < -0.3 is 10.4 Å². The van der Waals surface area contributed by atoms with Gasteiger partial charge in [0.25, 0.3) is 11.2 Å². The minimum absolute atomic E-state index is 0.0855. The van der Waals surface area contributed by atoms with E-state index in [0.717, 1.165) is 22.9 Å². The van der Waals surface area contributed by atoms with Crippen LogP contribution in [-0.2, 0) is 16.1 Å². The van der Waals surface area contributed by atoms with Crippen molar-refractivity contribution >= 4 is 17.6 Å². The molecule has 0 aromatic carbocycles. The van der Waals surface area contributed by atoms with Crippen molar-refractivity contribution in [1.82, 2.24) is 9.88 Å². The Bertz CT molecular complexity index is 594. The molecule has 0 aliphatic heterocycles. The predicted molar refractivity (Wildman–Crippen MR) is 67.2 cm³/mol. The zero-order valence-corrected chi connectivity index (χ0v) is 10.6. The fourth-order valence-electron chi connectivity index (χ4n) is 1.32. The Kier molecular flexibility index (Phi) is 4.95. The first-order valence-electron chi connectivity index (χ1n) is 5.65. The molecular weight excluding hydrogens is 270 g/mol. The van der Waals surface area contributed by atoms with Crippen molar-refractivity contribution in [2.75, 3.05) is 6.54 Å². The van der Waals surface area contributed by atoms with Gasteiger partial charge in [0.15, 0.2) is 0 Å². The molecule has 0 bridgehead atoms. The van der Waals surface area contributed by atoms with Crippen LogP contribution in [0.3, 0.4) is 0 Å². The second kappa shape index (κ2) is 6.45. The highest BCUT2D eigenvalue weighted by atomic mass is 16.6. The van der Waals surface area contributed by atoms with Gasteiger partial charge in [0.1, 0.15) is 6.54 Å². The van der Waals surface area contributed by atoms with Crippen LogP contribution >= 0.6 is 0 Å². The molecule has 0 aliphatic rings. The van der Waals surface area contributed by atoms with Gasteiger partial charge in [-0.05, 0) is 0 Å². The van der Waals surface area contributed by atoms with Crippen molar-refractivity contribution in [2.24, 2.45) is 5.92 Å². The van der Waals surface area contributed by atoms with Crippen LogP contribution in [0.1, 0.15) is 6.92 Å². The normalized spacial score (nSPS) is 11.7. The number of nitrogens with one attached hydrogen (secondary N) is 1. The quantitative estimate of drug-likeness (QED) is 0.539. The third-order valence-electron chi connectivity index (χ3n) is 2.52. The summed E-state index contributed by atoms with van der Waals surface area (Å²) in [6.45, 7) is 0.923. The van der Waals surface area contributed by atoms with Gasteiger partial charge in [-0.2, -0.15) is 0 Å². The van der Waals surface area contributed by atoms with Gasteiger partial charge in [0, 0.05) is 18.7 Å². The number of aliphatic carboxylic acids is 1. The maximum absolute atomic E-state index is 11.5. The van der Waals surface area contributed by atoms with Gasteiger partial charge in [0.05, 0.1) is 17.0 Å². The minimum Gasteiger partial charge on any atom is -0.481 e. The number of carbonyl (C=O) groups excluding carboxylic acids is 1. The zero-order chi connectivity index (χ0) is 15.3. The molecule has 0 saturated heterocycles. The average Bonchev–Trinajstić information content (AvgIpc) is 2.38. The number of nitro groups is 1. The van der Waals surface area contributed by atoms with Crippen LogP contribution in [-0.4, -0.2) is 33.0 Å². The Morgan fingerprint density at radius 1 is 1.50 bits per heavy atom. The zero-order valence-electron chi connectivity index (χ0n) is 10.6. The number of nitrogens with zero attached hydrogens (tertiary/aromatic N) is 2. The lowest BCUT2D eigenvalue weighted by Crippen LogP contribution is -2.36. The van der Waals surface area contributed by atoms with Crippen molar-refractivity contribution in [3.63, 3.8) is 0 Å². The third kappa shape index (κ3) is 4.19. The van der Waals surface area contributed by atoms with E-state index in [1.54, 1.807) is 0 Å². The predicted octanol–water partition coefficient (Wildman–Crippen LogP) is -0.407. The Hall–Kier alpha value is -2.71. The third-order valence-corrected chi connectivity index (χ3v) is 2.52. The summed E-state index contributed by atoms with van der Waals surface area (Å²) in [5, 5.41) is 21.5. The summed E-state index contributed by atoms with van der Waals surface area (Å²) in [5.41, 5.74) is -0.867. The fourth-order valence-corrected chi connectivity index (χ4v) is 1.32. The summed E-state index contributed by atoms with van der Waals surface area (Å²) in [5.74, 6) is -2.42. The summed E-state index contributed by atoms with van der Waals surface area (Å²) in [4.78, 5) is 43.4. The molecule has 1 rings (SSSR count). The Morgan fingerprint density at radius 2 is 2.15 bits per heavy atom. The highest BCUT2D eigenvalue weighted by Gasteiger charge is 2.14. The molecule has 2 N–H and O–H groups in total. The van der Waals surface area contributed by atoms with Crippen LogP contribution in [0.2, 0.25) is 0 Å². The number of amides is 1. The standard InChI is InChI=1S/C11H13N3O6/c1-7(11(17)18)4-12-9(15)6-13-5-8(14(19)20)2-3-10(13)16/h2-3,5,7H,4,6H2,1H3,(H,12,15)(H,17,18). The number of carbonyl (C=O) groups is 2. The van der Waals surface area contributed by atoms with E-state index in [-0.39, 0.29) is 12.2 Å². The Labute approximate surface area is 113 Å². The van der Waals surface area contributed by atoms with E-state index in [9.17, 15) is 24.5 Å². The summed E-state index contributed by atoms with van der Waals surface area (Å²) in [6, 6.07) is 2.04. The molecule has 0 radical (unpaired) electrons. The summed E-state index contributed by atoms with van der Waals surface area (Å²) < 4.78 is 0.888. The number of carboxylic acid groups (broad SMARTS) is 1. The molecule has 0 spiro atoms. The maximum atomic E-state index is 11.5. The number of aromatic nitrogens is 1. The fraction of sp³-hybridized carbons (Fsp3) is 0.364. The van der Waals surface area contributed by atoms with Gasteiger partial charge in [0.2, 0.25) is 5.91 Å². The number of hydrogen-bond acceptors (Lipinski definition) is 5. The second-order valence-electron chi connectivity index (χ2n) is 4.15. The SMILES string of the molecule is CC(CNC(=O)Cn1cc([N+](=O)[O-])ccc1=O)C(=O)O. The Morgan fingerprint density at radius 3 is 2.70 bits per heavy atom. The molecule has 1 aromatic heterocycles. The number of pyridine rings is 1. The van der Waals surface area contributed by atoms with E-state index >= 15 is 0 Å². The molecule has 9 nitrogen and oxygen atoms in total. The lowest BCUT2D eigenvalue weighted by atomic mass is 10.2. The molecule has 1 amide bonds. The first-order chi connectivity index (χ1) is 9.31. The monoisotopic (exact) mass is 283 g/mol. The molecule has 0 aliphatic carbocycles. The minimum atomic E-state index is -1.06. The van der Waals surface area contributed by atoms with E-state index in [0.29, 0.717) is 0 Å². The summed E-state index contributed by atoms with van der Waals surface area (Å²) >= 11 is 0. The average molecular weight is 283 g/mol. The van der Waals surface area contributed by atoms with Crippen molar-refractivity contribution < 1.29 is 19.6 Å². The van der Waals surface area contributed by atoms with Crippen LogP contribution in [0, 0.1) is 16.0 Å². The molecule has 9 heteroatoms. The van der Waals surface area contributed by atoms with Gasteiger partial charge in [-0.15, -0.1) is 0 Å². The van der Waals surface area contributed by atoms with Gasteiger partial charge in [-0.1, -0.05) is 6.92 Å². The van der Waals surface area contributed by atoms with Gasteiger partial charge in [-0.25, -0.2) is 0 Å². The molecule has 0 fully saturated rings. The molecule has 108 valence electrons. The summed E-state index contributed by atoms with van der Waals surface area (Å²) in [6.07, 6.45) is 0.961. The molecule has 1 heterocycles. The molecule has 20 heavy (non-hydrogen) atoms.